The minimum atomic E-state index is -0.473. The highest BCUT2D eigenvalue weighted by Crippen LogP contribution is 2.55. The third kappa shape index (κ3) is 4.58. The van der Waals surface area contributed by atoms with E-state index in [0.29, 0.717) is 64.0 Å². The smallest absolute Gasteiger partial charge is 0.274 e. The lowest BCUT2D eigenvalue weighted by atomic mass is 9.63. The van der Waals surface area contributed by atoms with Gasteiger partial charge in [0.25, 0.3) is 5.91 Å². The quantitative estimate of drug-likeness (QED) is 0.251. The van der Waals surface area contributed by atoms with Crippen LogP contribution in [0.15, 0.2) is 10.7 Å². The number of likely N-dealkylation sites (tertiary alicyclic amines) is 1. The lowest BCUT2D eigenvalue weighted by molar-refractivity contribution is 0.0774. The molecule has 13 nitrogen and oxygen atoms in total. The van der Waals surface area contributed by atoms with Crippen LogP contribution in [-0.4, -0.2) is 86.1 Å². The molecular formula is C34H39N11O2S. The van der Waals surface area contributed by atoms with Gasteiger partial charge in [-0.05, 0) is 83.9 Å². The minimum absolute atomic E-state index is 0.0384. The molecule has 8 rings (SSSR count). The molecule has 1 spiro atoms. The van der Waals surface area contributed by atoms with Crippen molar-refractivity contribution in [2.24, 2.45) is 0 Å². The lowest BCUT2D eigenvalue weighted by Gasteiger charge is -2.39. The van der Waals surface area contributed by atoms with E-state index in [-0.39, 0.29) is 11.9 Å². The van der Waals surface area contributed by atoms with Crippen molar-refractivity contribution >= 4 is 34.3 Å². The van der Waals surface area contributed by atoms with Gasteiger partial charge in [-0.1, -0.05) is 5.16 Å². The Morgan fingerprint density at radius 3 is 2.75 bits per heavy atom. The number of hydrogen-bond donors (Lipinski definition) is 3. The third-order valence-corrected chi connectivity index (χ3v) is 12.0. The van der Waals surface area contributed by atoms with Gasteiger partial charge in [0.05, 0.1) is 16.5 Å². The first-order chi connectivity index (χ1) is 23.2. The highest BCUT2D eigenvalue weighted by molar-refractivity contribution is 7.16. The zero-order chi connectivity index (χ0) is 33.3. The van der Waals surface area contributed by atoms with Crippen molar-refractivity contribution in [2.45, 2.75) is 82.2 Å². The molecule has 0 aromatic carbocycles. The van der Waals surface area contributed by atoms with E-state index in [4.69, 9.17) is 30.7 Å². The molecule has 0 bridgehead atoms. The van der Waals surface area contributed by atoms with Crippen molar-refractivity contribution in [2.75, 3.05) is 38.2 Å². The number of carbonyl (C=O) groups excluding carboxylic acids is 1. The number of nitriles is 1. The molecule has 1 fully saturated rings. The number of amides is 1. The van der Waals surface area contributed by atoms with E-state index in [0.717, 1.165) is 85.2 Å². The highest BCUT2D eigenvalue weighted by Gasteiger charge is 2.49. The van der Waals surface area contributed by atoms with Crippen molar-refractivity contribution in [1.82, 2.24) is 34.7 Å². The summed E-state index contributed by atoms with van der Waals surface area (Å²) in [6.45, 7) is 3.79. The average Bonchev–Trinajstić information content (AvgIpc) is 3.88. The number of nitrogens with one attached hydrogen (secondary N) is 2. The van der Waals surface area contributed by atoms with Crippen molar-refractivity contribution in [3.8, 4) is 23.4 Å². The summed E-state index contributed by atoms with van der Waals surface area (Å²) in [5.74, 6) is 1.91. The van der Waals surface area contributed by atoms with E-state index >= 15 is 0 Å². The highest BCUT2D eigenvalue weighted by atomic mass is 32.1. The van der Waals surface area contributed by atoms with Crippen LogP contribution in [0.1, 0.15) is 94.4 Å². The SMILES string of the molecule is CC(Nc1nc(-c2noc3c2CCCC32CCCc3sc(N)c(C#N)c32)nc(-n2cc3c(n2)C(=O)N(C)CC3)c1C=N)C1CCCN1C. The second kappa shape index (κ2) is 11.5. The second-order valence-electron chi connectivity index (χ2n) is 13.7. The molecule has 2 aliphatic heterocycles. The first-order valence-corrected chi connectivity index (χ1v) is 17.6. The van der Waals surface area contributed by atoms with Crippen molar-refractivity contribution in [3.05, 3.63) is 50.3 Å². The van der Waals surface area contributed by atoms with Gasteiger partial charge in [0.2, 0.25) is 0 Å². The number of nitrogens with two attached hydrogens (primary N) is 1. The maximum Gasteiger partial charge on any atom is 0.274 e. The topological polar surface area (TPSA) is 179 Å². The van der Waals surface area contributed by atoms with Crippen LogP contribution in [0.5, 0.6) is 0 Å². The zero-order valence-corrected chi connectivity index (χ0v) is 28.3. The summed E-state index contributed by atoms with van der Waals surface area (Å²) in [6.07, 6.45) is 11.2. The van der Waals surface area contributed by atoms with Crippen LogP contribution in [0.3, 0.4) is 0 Å². The molecule has 248 valence electrons. The summed E-state index contributed by atoms with van der Waals surface area (Å²) in [5, 5.41) is 32.2. The molecule has 48 heavy (non-hydrogen) atoms. The van der Waals surface area contributed by atoms with Crippen LogP contribution in [0.25, 0.3) is 17.3 Å². The Balaban J connectivity index is 1.29. The molecule has 6 heterocycles. The maximum atomic E-state index is 13.0. The summed E-state index contributed by atoms with van der Waals surface area (Å²) < 4.78 is 7.90. The number of thiophene rings is 1. The molecular weight excluding hydrogens is 627 g/mol. The molecule has 2 aliphatic carbocycles. The fourth-order valence-corrected chi connectivity index (χ4v) is 9.69. The number of aryl methyl sites for hydroxylation is 1. The Kier molecular flexibility index (Phi) is 7.37. The number of aromatic nitrogens is 5. The summed E-state index contributed by atoms with van der Waals surface area (Å²) in [7, 11) is 3.92. The van der Waals surface area contributed by atoms with Gasteiger partial charge in [-0.3, -0.25) is 4.79 Å². The predicted molar refractivity (Wildman–Crippen MR) is 182 cm³/mol. The van der Waals surface area contributed by atoms with E-state index < -0.39 is 5.41 Å². The average molecular weight is 666 g/mol. The number of hydrogen-bond acceptors (Lipinski definition) is 12. The molecule has 3 atom stereocenters. The summed E-state index contributed by atoms with van der Waals surface area (Å²) in [4.78, 5) is 28.3. The lowest BCUT2D eigenvalue weighted by Crippen LogP contribution is -2.39. The van der Waals surface area contributed by atoms with E-state index in [1.807, 2.05) is 6.20 Å². The normalized spacial score (nSPS) is 22.7. The van der Waals surface area contributed by atoms with Gasteiger partial charge in [-0.15, -0.1) is 11.3 Å². The zero-order valence-electron chi connectivity index (χ0n) is 27.5. The van der Waals surface area contributed by atoms with E-state index in [2.05, 4.69) is 35.4 Å². The Hall–Kier alpha value is -4.61. The van der Waals surface area contributed by atoms with Crippen molar-refractivity contribution in [3.63, 3.8) is 0 Å². The summed E-state index contributed by atoms with van der Waals surface area (Å²) >= 11 is 1.52. The van der Waals surface area contributed by atoms with E-state index in [9.17, 15) is 10.1 Å². The molecule has 3 unspecified atom stereocenters. The monoisotopic (exact) mass is 665 g/mol. The maximum absolute atomic E-state index is 13.0. The standard InChI is InChI=1S/C34H39N11O2S/c1-18(23-8-6-13-43(23)2)38-30-22(16-36)32(45-17-19-10-14-44(3)33(46)26(19)41-45)40-31(39-30)27-20-7-4-11-34(28(20)47-42-27)12-5-9-24-25(34)21(15-35)29(37)48-24/h16-18,23,36H,4-14,37H2,1-3H3,(H,38,39,40). The van der Waals surface area contributed by atoms with E-state index in [1.54, 1.807) is 16.6 Å². The second-order valence-corrected chi connectivity index (χ2v) is 14.8. The van der Waals surface area contributed by atoms with Crippen molar-refractivity contribution < 1.29 is 9.32 Å². The molecule has 4 aliphatic rings. The van der Waals surface area contributed by atoms with Gasteiger partial charge in [0.15, 0.2) is 28.8 Å². The molecule has 1 saturated heterocycles. The number of likely N-dealkylation sites (N-methyl/N-ethyl adjacent to an activating group) is 2. The molecule has 1 amide bonds. The molecule has 4 N–H and O–H groups in total. The number of carbonyl (C=O) groups is 1. The summed E-state index contributed by atoms with van der Waals surface area (Å²) in [6, 6.07) is 2.74. The number of rotatable bonds is 6. The number of fused-ring (bicyclic) bond motifs is 5. The minimum Gasteiger partial charge on any atom is -0.389 e. The van der Waals surface area contributed by atoms with Gasteiger partial charge in [-0.2, -0.15) is 10.4 Å². The molecule has 4 aromatic rings. The van der Waals surface area contributed by atoms with Gasteiger partial charge in [-0.25, -0.2) is 14.6 Å². The number of nitrogens with zero attached hydrogens (tertiary/aromatic N) is 8. The first kappa shape index (κ1) is 30.7. The summed E-state index contributed by atoms with van der Waals surface area (Å²) in [5.41, 5.74) is 10.7. The molecule has 4 aromatic heterocycles. The van der Waals surface area contributed by atoms with Crippen LogP contribution in [0.2, 0.25) is 0 Å². The Morgan fingerprint density at radius 1 is 1.19 bits per heavy atom. The van der Waals surface area contributed by atoms with Crippen LogP contribution in [0.4, 0.5) is 10.8 Å². The number of anilines is 2. The van der Waals surface area contributed by atoms with Gasteiger partial charge in [0, 0.05) is 54.1 Å². The Bertz CT molecular complexity index is 2000. The van der Waals surface area contributed by atoms with Crippen LogP contribution in [0, 0.1) is 16.7 Å². The number of nitrogen functional groups attached to an aromatic ring is 1. The van der Waals surface area contributed by atoms with Gasteiger partial charge >= 0.3 is 0 Å². The van der Waals surface area contributed by atoms with Gasteiger partial charge < -0.3 is 30.8 Å². The van der Waals surface area contributed by atoms with E-state index in [1.165, 1.54) is 17.6 Å². The fraction of sp³-hybridized carbons (Fsp3) is 0.500. The molecule has 14 heteroatoms. The third-order valence-electron chi connectivity index (χ3n) is 10.9. The predicted octanol–water partition coefficient (Wildman–Crippen LogP) is 4.31. The molecule has 0 saturated carbocycles. The van der Waals surface area contributed by atoms with Gasteiger partial charge in [0.1, 0.15) is 16.9 Å². The van der Waals surface area contributed by atoms with Crippen molar-refractivity contribution in [1.29, 1.82) is 10.7 Å². The Morgan fingerprint density at radius 2 is 2.00 bits per heavy atom. The molecule has 0 radical (unpaired) electrons. The largest absolute Gasteiger partial charge is 0.389 e. The van der Waals surface area contributed by atoms with Crippen LogP contribution < -0.4 is 11.1 Å². The van der Waals surface area contributed by atoms with Crippen LogP contribution >= 0.6 is 11.3 Å². The fourth-order valence-electron chi connectivity index (χ4n) is 8.53. The van der Waals surface area contributed by atoms with Crippen LogP contribution in [-0.2, 0) is 24.7 Å². The first-order valence-electron chi connectivity index (χ1n) is 16.8. The Labute approximate surface area is 282 Å².